The van der Waals surface area contributed by atoms with Crippen LogP contribution in [0.4, 0.5) is 4.79 Å². The molecule has 2 aromatic rings. The number of carbonyl (C=O) groups excluding carboxylic acids is 1. The van der Waals surface area contributed by atoms with Crippen molar-refractivity contribution in [2.45, 2.75) is 59.2 Å². The van der Waals surface area contributed by atoms with Crippen LogP contribution < -0.4 is 16.2 Å². The molecule has 1 aliphatic rings. The third-order valence-corrected chi connectivity index (χ3v) is 4.51. The van der Waals surface area contributed by atoms with E-state index in [4.69, 9.17) is 0 Å². The normalized spacial score (nSPS) is 13.8. The van der Waals surface area contributed by atoms with Crippen LogP contribution in [-0.4, -0.2) is 25.8 Å². The Labute approximate surface area is 146 Å². The number of hydrogen-bond acceptors (Lipinski definition) is 4. The van der Waals surface area contributed by atoms with Gasteiger partial charge in [-0.1, -0.05) is 6.42 Å². The quantitative estimate of drug-likeness (QED) is 0.778. The van der Waals surface area contributed by atoms with Gasteiger partial charge in [0.15, 0.2) is 5.82 Å². The molecule has 0 aliphatic carbocycles. The van der Waals surface area contributed by atoms with E-state index in [0.717, 1.165) is 48.7 Å². The van der Waals surface area contributed by atoms with Crippen LogP contribution in [-0.2, 0) is 26.1 Å². The molecule has 0 radical (unpaired) electrons. The number of carbonyl (C=O) groups is 1. The molecule has 0 fully saturated rings. The Morgan fingerprint density at radius 1 is 1.20 bits per heavy atom. The van der Waals surface area contributed by atoms with Gasteiger partial charge in [0, 0.05) is 24.2 Å². The van der Waals surface area contributed by atoms with Crippen LogP contribution in [0, 0.1) is 13.8 Å². The van der Waals surface area contributed by atoms with Crippen molar-refractivity contribution in [3.8, 4) is 0 Å². The molecule has 3 rings (SSSR count). The summed E-state index contributed by atoms with van der Waals surface area (Å²) in [6.07, 6.45) is 4.38. The monoisotopic (exact) mass is 344 g/mol. The van der Waals surface area contributed by atoms with E-state index in [0.29, 0.717) is 12.1 Å². The first-order chi connectivity index (χ1) is 12.0. The smallest absolute Gasteiger partial charge is 0.315 e. The third kappa shape index (κ3) is 4.07. The van der Waals surface area contributed by atoms with Crippen LogP contribution in [0.1, 0.15) is 47.7 Å². The van der Waals surface area contributed by atoms with Gasteiger partial charge in [-0.05, 0) is 38.3 Å². The van der Waals surface area contributed by atoms with Crippen LogP contribution in [0.25, 0.3) is 0 Å². The highest BCUT2D eigenvalue weighted by molar-refractivity contribution is 5.73. The molecule has 1 aliphatic heterocycles. The van der Waals surface area contributed by atoms with Crippen LogP contribution in [0.5, 0.6) is 0 Å². The summed E-state index contributed by atoms with van der Waals surface area (Å²) in [6, 6.07) is 1.56. The van der Waals surface area contributed by atoms with Crippen molar-refractivity contribution in [2.75, 3.05) is 0 Å². The Bertz CT molecular complexity index is 823. The maximum absolute atomic E-state index is 12.0. The van der Waals surface area contributed by atoms with Gasteiger partial charge >= 0.3 is 6.03 Å². The second-order valence-corrected chi connectivity index (χ2v) is 6.47. The van der Waals surface area contributed by atoms with Crippen molar-refractivity contribution in [1.82, 2.24) is 30.4 Å². The van der Waals surface area contributed by atoms with Gasteiger partial charge in [-0.25, -0.2) is 4.79 Å². The van der Waals surface area contributed by atoms with E-state index in [9.17, 15) is 9.59 Å². The van der Waals surface area contributed by atoms with E-state index in [2.05, 4.69) is 30.4 Å². The lowest BCUT2D eigenvalue weighted by Gasteiger charge is -2.10. The van der Waals surface area contributed by atoms with Crippen LogP contribution >= 0.6 is 0 Å². The summed E-state index contributed by atoms with van der Waals surface area (Å²) in [6.45, 7) is 5.11. The average molecular weight is 344 g/mol. The highest BCUT2D eigenvalue weighted by Crippen LogP contribution is 2.14. The summed E-state index contributed by atoms with van der Waals surface area (Å²) in [5.74, 6) is 1.77. The number of aromatic nitrogens is 4. The van der Waals surface area contributed by atoms with Crippen LogP contribution in [0.15, 0.2) is 10.9 Å². The van der Waals surface area contributed by atoms with Gasteiger partial charge in [0.1, 0.15) is 5.82 Å². The van der Waals surface area contributed by atoms with Gasteiger partial charge in [-0.2, -0.15) is 0 Å². The second kappa shape index (κ2) is 7.50. The predicted molar refractivity (Wildman–Crippen MR) is 93.2 cm³/mol. The fraction of sp³-hybridized carbons (Fsp3) is 0.529. The molecule has 2 aromatic heterocycles. The fourth-order valence-electron chi connectivity index (χ4n) is 3.17. The van der Waals surface area contributed by atoms with Crippen molar-refractivity contribution in [1.29, 1.82) is 0 Å². The van der Waals surface area contributed by atoms with Gasteiger partial charge in [0.25, 0.3) is 5.56 Å². The molecule has 0 unspecified atom stereocenters. The number of amides is 2. The first-order valence-electron chi connectivity index (χ1n) is 8.66. The number of aromatic amines is 1. The lowest BCUT2D eigenvalue weighted by molar-refractivity contribution is 0.239. The average Bonchev–Trinajstić information content (AvgIpc) is 2.78. The van der Waals surface area contributed by atoms with E-state index in [-0.39, 0.29) is 18.1 Å². The number of hydrogen-bond donors (Lipinski definition) is 3. The molecule has 3 heterocycles. The minimum atomic E-state index is -0.328. The van der Waals surface area contributed by atoms with Crippen molar-refractivity contribution >= 4 is 6.03 Å². The zero-order valence-electron chi connectivity index (χ0n) is 14.7. The van der Waals surface area contributed by atoms with E-state index in [1.165, 1.54) is 6.42 Å². The highest BCUT2D eigenvalue weighted by atomic mass is 16.2. The molecule has 25 heavy (non-hydrogen) atoms. The Morgan fingerprint density at radius 2 is 2.00 bits per heavy atom. The summed E-state index contributed by atoms with van der Waals surface area (Å²) >= 11 is 0. The van der Waals surface area contributed by atoms with Gasteiger partial charge in [0.05, 0.1) is 13.1 Å². The number of aryl methyl sites for hydroxylation is 3. The molecule has 0 saturated carbocycles. The minimum Gasteiger partial charge on any atom is -0.334 e. The number of pyridine rings is 1. The molecule has 0 spiro atoms. The number of rotatable bonds is 4. The topological polar surface area (TPSA) is 105 Å². The summed E-state index contributed by atoms with van der Waals surface area (Å²) in [4.78, 5) is 26.8. The van der Waals surface area contributed by atoms with Crippen LogP contribution in [0.3, 0.4) is 0 Å². The zero-order chi connectivity index (χ0) is 17.8. The first kappa shape index (κ1) is 17.2. The summed E-state index contributed by atoms with van der Waals surface area (Å²) in [5.41, 5.74) is 2.07. The van der Waals surface area contributed by atoms with Gasteiger partial charge in [0.2, 0.25) is 0 Å². The maximum atomic E-state index is 12.0. The van der Waals surface area contributed by atoms with Crippen molar-refractivity contribution < 1.29 is 4.79 Å². The number of fused-ring (bicyclic) bond motifs is 1. The molecular formula is C17H24N6O2. The standard InChI is InChI=1S/C17H24N6O2/c1-11-8-12(2)20-16(24)13(11)9-18-17(25)19-10-15-22-21-14-6-4-3-5-7-23(14)15/h8H,3-7,9-10H2,1-2H3,(H,20,24)(H2,18,19,25). The highest BCUT2D eigenvalue weighted by Gasteiger charge is 2.15. The van der Waals surface area contributed by atoms with E-state index in [1.807, 2.05) is 19.9 Å². The molecule has 0 bridgehead atoms. The fourth-order valence-corrected chi connectivity index (χ4v) is 3.17. The first-order valence-corrected chi connectivity index (χ1v) is 8.66. The largest absolute Gasteiger partial charge is 0.334 e. The molecule has 0 atom stereocenters. The van der Waals surface area contributed by atoms with E-state index in [1.54, 1.807) is 0 Å². The van der Waals surface area contributed by atoms with E-state index < -0.39 is 0 Å². The van der Waals surface area contributed by atoms with Crippen molar-refractivity contribution in [3.05, 3.63) is 44.9 Å². The maximum Gasteiger partial charge on any atom is 0.315 e. The number of urea groups is 1. The lowest BCUT2D eigenvalue weighted by atomic mass is 10.1. The predicted octanol–water partition coefficient (Wildman–Crippen LogP) is 1.31. The minimum absolute atomic E-state index is 0.166. The molecule has 2 amide bonds. The van der Waals surface area contributed by atoms with Gasteiger partial charge in [-0.3, -0.25) is 4.79 Å². The number of nitrogens with zero attached hydrogens (tertiary/aromatic N) is 3. The zero-order valence-corrected chi connectivity index (χ0v) is 14.7. The van der Waals surface area contributed by atoms with Crippen molar-refractivity contribution in [2.24, 2.45) is 0 Å². The third-order valence-electron chi connectivity index (χ3n) is 4.51. The van der Waals surface area contributed by atoms with Crippen molar-refractivity contribution in [3.63, 3.8) is 0 Å². The molecule has 8 nitrogen and oxygen atoms in total. The number of nitrogens with one attached hydrogen (secondary N) is 3. The molecule has 0 saturated heterocycles. The second-order valence-electron chi connectivity index (χ2n) is 6.47. The SMILES string of the molecule is Cc1cc(C)c(CNC(=O)NCc2nnc3n2CCCCC3)c(=O)[nH]1. The van der Waals surface area contributed by atoms with E-state index >= 15 is 0 Å². The van der Waals surface area contributed by atoms with Gasteiger partial charge < -0.3 is 20.2 Å². The Morgan fingerprint density at radius 3 is 2.80 bits per heavy atom. The van der Waals surface area contributed by atoms with Gasteiger partial charge in [-0.15, -0.1) is 10.2 Å². The van der Waals surface area contributed by atoms with Crippen LogP contribution in [0.2, 0.25) is 0 Å². The lowest BCUT2D eigenvalue weighted by Crippen LogP contribution is -2.36. The Kier molecular flexibility index (Phi) is 5.16. The molecule has 3 N–H and O–H groups in total. The molecule has 134 valence electrons. The number of H-pyrrole nitrogens is 1. The molecule has 0 aromatic carbocycles. The Balaban J connectivity index is 1.56. The summed E-state index contributed by atoms with van der Waals surface area (Å²) in [7, 11) is 0. The summed E-state index contributed by atoms with van der Waals surface area (Å²) in [5, 5.41) is 13.9. The molecular weight excluding hydrogens is 320 g/mol. The summed E-state index contributed by atoms with van der Waals surface area (Å²) < 4.78 is 2.10. The Hall–Kier alpha value is -2.64. The molecule has 8 heteroatoms.